The third-order valence-electron chi connectivity index (χ3n) is 11.3. The number of aromatic hydroxyl groups is 1. The number of rotatable bonds is 17. The molecule has 2 aliphatic rings. The predicted molar refractivity (Wildman–Crippen MR) is 245 cm³/mol. The van der Waals surface area contributed by atoms with Crippen LogP contribution in [0.15, 0.2) is 24.3 Å². The molecule has 0 spiro atoms. The van der Waals surface area contributed by atoms with Crippen LogP contribution in [-0.4, -0.2) is 151 Å². The van der Waals surface area contributed by atoms with Gasteiger partial charge in [0.15, 0.2) is 0 Å². The molecule has 0 aromatic heterocycles. The number of nitrogens with zero attached hydrogens (tertiary/aromatic N) is 1. The van der Waals surface area contributed by atoms with Gasteiger partial charge in [-0.3, -0.25) is 4.79 Å². The maximum atomic E-state index is 14.5. The number of nitrogens with one attached hydrogen (secondary N) is 7. The van der Waals surface area contributed by atoms with Crippen LogP contribution in [0.1, 0.15) is 78.2 Å². The van der Waals surface area contributed by atoms with Crippen LogP contribution < -0.4 is 60.2 Å². The molecule has 376 valence electrons. The summed E-state index contributed by atoms with van der Waals surface area (Å²) in [5.74, 6) is -10.0. The average Bonchev–Trinajstić information content (AvgIpc) is 3.77. The number of carbonyl (C=O) groups is 11. The minimum atomic E-state index is -1.75. The summed E-state index contributed by atoms with van der Waals surface area (Å²) in [6.07, 6.45) is -0.680. The van der Waals surface area contributed by atoms with Crippen LogP contribution in [0.4, 0.5) is 0 Å². The van der Waals surface area contributed by atoms with Crippen molar-refractivity contribution in [3.8, 4) is 5.75 Å². The normalized spacial score (nSPS) is 24.3. The van der Waals surface area contributed by atoms with Crippen LogP contribution in [-0.2, 0) is 59.2 Å². The van der Waals surface area contributed by atoms with Crippen LogP contribution in [0, 0.1) is 11.8 Å². The molecule has 0 bridgehead atoms. The Bertz CT molecular complexity index is 2020. The van der Waals surface area contributed by atoms with Gasteiger partial charge in [0.05, 0.1) is 0 Å². The van der Waals surface area contributed by atoms with Crippen molar-refractivity contribution >= 4 is 79.9 Å². The number of phenols is 1. The van der Waals surface area contributed by atoms with Gasteiger partial charge in [-0.25, -0.2) is 0 Å². The molecular formula is C43H66N12O12Se. The van der Waals surface area contributed by atoms with Crippen molar-refractivity contribution < 1.29 is 57.8 Å². The molecule has 2 aliphatic heterocycles. The fourth-order valence-electron chi connectivity index (χ4n) is 7.42. The van der Waals surface area contributed by atoms with Crippen molar-refractivity contribution in [2.75, 3.05) is 13.1 Å². The zero-order chi connectivity index (χ0) is 50.8. The number of carbonyl (C=O) groups excluding carboxylic acids is 11. The van der Waals surface area contributed by atoms with Crippen molar-refractivity contribution in [3.05, 3.63) is 29.8 Å². The van der Waals surface area contributed by atoms with Crippen molar-refractivity contribution in [1.29, 1.82) is 0 Å². The Morgan fingerprint density at radius 3 is 2.01 bits per heavy atom. The van der Waals surface area contributed by atoms with E-state index in [1.165, 1.54) is 29.2 Å². The Hall–Kier alpha value is -6.33. The van der Waals surface area contributed by atoms with Crippen LogP contribution in [0.25, 0.3) is 0 Å². The van der Waals surface area contributed by atoms with Crippen LogP contribution in [0.5, 0.6) is 5.75 Å². The molecule has 0 saturated carbocycles. The van der Waals surface area contributed by atoms with E-state index in [2.05, 4.69) is 37.2 Å². The predicted octanol–water partition coefficient (Wildman–Crippen LogP) is -4.45. The Kier molecular flexibility index (Phi) is 22.1. The van der Waals surface area contributed by atoms with Crippen LogP contribution >= 0.6 is 0 Å². The van der Waals surface area contributed by atoms with Gasteiger partial charge in [0, 0.05) is 0 Å². The second-order valence-corrected chi connectivity index (χ2v) is 19.6. The molecule has 2 fully saturated rings. The summed E-state index contributed by atoms with van der Waals surface area (Å²) in [6.45, 7) is 6.60. The van der Waals surface area contributed by atoms with E-state index in [1.807, 2.05) is 13.8 Å². The molecule has 2 saturated heterocycles. The molecule has 0 radical (unpaired) electrons. The van der Waals surface area contributed by atoms with Gasteiger partial charge >= 0.3 is 391 Å². The third kappa shape index (κ3) is 17.7. The first kappa shape index (κ1) is 56.0. The summed E-state index contributed by atoms with van der Waals surface area (Å²) in [7, 11) is 0. The standard InChI is InChI=1S/C43H66N12O12Se/c1-5-22(4)35-42(66)49-26(12-13-32(45)57)38(62)51-29(17-33(46)58)39(63)53-30(20-68-19-25(44)36(60)50-28(40(64)54-35)16-23-8-10-24(56)11-9-23)43(67)55-14-6-7-31(55)41(65)52-27(15-21(2)3)37(61)48-18-34(47)59/h8-11,21-22,25-31,35,56H,5-7,12-20,44H2,1-4H3,(H2,45,57)(H2,46,58)(H2,47,59)(H,48,61)(H,49,66)(H,50,60)(H,51,62)(H,52,65)(H,53,63)(H,54,64)/t22-,25-,26-,27-,28-,29-,30-,31-,35-/m0/s1. The van der Waals surface area contributed by atoms with Gasteiger partial charge < -0.3 is 5.73 Å². The van der Waals surface area contributed by atoms with E-state index in [0.717, 1.165) is 0 Å². The Morgan fingerprint density at radius 2 is 1.41 bits per heavy atom. The first-order chi connectivity index (χ1) is 32.0. The molecule has 24 nitrogen and oxygen atoms in total. The molecule has 9 atom stereocenters. The Balaban J connectivity index is 2.07. The molecule has 11 amide bonds. The average molecular weight is 1020 g/mol. The number of nitrogens with two attached hydrogens (primary N) is 4. The monoisotopic (exact) mass is 1020 g/mol. The van der Waals surface area contributed by atoms with E-state index in [9.17, 15) is 57.8 Å². The second kappa shape index (κ2) is 26.9. The summed E-state index contributed by atoms with van der Waals surface area (Å²) >= 11 is -0.735. The Labute approximate surface area is 400 Å². The number of likely N-dealkylation sites (tertiary alicyclic amines) is 1. The quantitative estimate of drug-likeness (QED) is 0.0657. The van der Waals surface area contributed by atoms with E-state index in [0.29, 0.717) is 18.4 Å². The van der Waals surface area contributed by atoms with Gasteiger partial charge in [0.25, 0.3) is 0 Å². The van der Waals surface area contributed by atoms with E-state index in [-0.39, 0.29) is 54.5 Å². The van der Waals surface area contributed by atoms with Gasteiger partial charge in [-0.1, -0.05) is 0 Å². The topological polar surface area (TPSA) is 400 Å². The van der Waals surface area contributed by atoms with Crippen molar-refractivity contribution in [1.82, 2.24) is 42.1 Å². The first-order valence-electron chi connectivity index (χ1n) is 22.4. The number of phenolic OH excluding ortho intramolecular Hbond substituents is 1. The molecular weight excluding hydrogens is 956 g/mol. The van der Waals surface area contributed by atoms with E-state index in [1.54, 1.807) is 13.8 Å². The van der Waals surface area contributed by atoms with Gasteiger partial charge in [0.2, 0.25) is 0 Å². The zero-order valence-corrected chi connectivity index (χ0v) is 40.4. The summed E-state index contributed by atoms with van der Waals surface area (Å²) in [4.78, 5) is 148. The van der Waals surface area contributed by atoms with Gasteiger partial charge in [0.1, 0.15) is 0 Å². The third-order valence-corrected chi connectivity index (χ3v) is 13.7. The number of hydrogen-bond acceptors (Lipinski definition) is 13. The van der Waals surface area contributed by atoms with E-state index in [4.69, 9.17) is 22.9 Å². The summed E-state index contributed by atoms with van der Waals surface area (Å²) in [5.41, 5.74) is 23.0. The Morgan fingerprint density at radius 1 is 0.794 bits per heavy atom. The maximum absolute atomic E-state index is 14.5. The molecule has 0 aliphatic carbocycles. The number of primary amides is 3. The van der Waals surface area contributed by atoms with Gasteiger partial charge in [-0.05, 0) is 0 Å². The number of amides is 11. The summed E-state index contributed by atoms with van der Waals surface area (Å²) in [6, 6.07) is -5.04. The summed E-state index contributed by atoms with van der Waals surface area (Å²) in [5, 5.41) is 27.5. The molecule has 25 heteroatoms. The van der Waals surface area contributed by atoms with Gasteiger partial charge in [-0.15, -0.1) is 0 Å². The van der Waals surface area contributed by atoms with E-state index < -0.39 is 154 Å². The number of hydrogen-bond donors (Lipinski definition) is 12. The van der Waals surface area contributed by atoms with Crippen LogP contribution in [0.2, 0.25) is 10.6 Å². The molecule has 2 heterocycles. The molecule has 68 heavy (non-hydrogen) atoms. The SMILES string of the molecule is CC[C@H](C)[C@@H]1NC(=O)[C@H](Cc2ccc(O)cc2)NC(=O)[C@@H](N)C[Se]C[C@@H](C(=O)N2CCC[C@H]2C(=O)N[C@@H](CC(C)C)C(=O)NCC(N)=O)NC(=O)[C@H](CC(N)=O)NC(=O)[C@H](CCC(N)=O)NC1=O. The summed E-state index contributed by atoms with van der Waals surface area (Å²) < 4.78 is 0. The fraction of sp³-hybridized carbons (Fsp3) is 0.605. The fourth-order valence-corrected chi connectivity index (χ4v) is 9.52. The molecule has 1 aromatic carbocycles. The van der Waals surface area contributed by atoms with Gasteiger partial charge in [-0.2, -0.15) is 0 Å². The molecule has 0 unspecified atom stereocenters. The molecule has 3 rings (SSSR count). The molecule has 16 N–H and O–H groups in total. The van der Waals surface area contributed by atoms with Crippen LogP contribution in [0.3, 0.4) is 0 Å². The second-order valence-electron chi connectivity index (χ2n) is 17.4. The van der Waals surface area contributed by atoms with Crippen molar-refractivity contribution in [2.24, 2.45) is 34.8 Å². The minimum absolute atomic E-state index is 0.0474. The van der Waals surface area contributed by atoms with Crippen molar-refractivity contribution in [3.63, 3.8) is 0 Å². The first-order valence-corrected chi connectivity index (χ1v) is 24.8. The van der Waals surface area contributed by atoms with E-state index >= 15 is 0 Å². The molecule has 1 aromatic rings. The van der Waals surface area contributed by atoms with Crippen molar-refractivity contribution in [2.45, 2.75) is 138 Å². The zero-order valence-electron chi connectivity index (χ0n) is 38.7. The number of benzene rings is 1.